The summed E-state index contributed by atoms with van der Waals surface area (Å²) in [6.07, 6.45) is 0. The Bertz CT molecular complexity index is 442. The number of rotatable bonds is 3. The lowest BCUT2D eigenvalue weighted by Gasteiger charge is -2.08. The molecule has 2 aromatic carbocycles. The minimum absolute atomic E-state index is 0.852. The van der Waals surface area contributed by atoms with Crippen molar-refractivity contribution >= 4 is 24.0 Å². The van der Waals surface area contributed by atoms with Crippen molar-refractivity contribution in [2.24, 2.45) is 0 Å². The maximum atomic E-state index is 5.72. The van der Waals surface area contributed by atoms with Crippen molar-refractivity contribution in [1.29, 1.82) is 0 Å². The van der Waals surface area contributed by atoms with Crippen LogP contribution in [0.2, 0.25) is 0 Å². The molecule has 2 rings (SSSR count). The van der Waals surface area contributed by atoms with Gasteiger partial charge in [-0.25, -0.2) is 0 Å². The van der Waals surface area contributed by atoms with E-state index in [1.165, 1.54) is 0 Å². The van der Waals surface area contributed by atoms with E-state index in [0.29, 0.717) is 0 Å². The Balaban J connectivity index is 2.12. The second-order valence-electron chi connectivity index (χ2n) is 3.07. The van der Waals surface area contributed by atoms with Gasteiger partial charge in [-0.3, -0.25) is 0 Å². The zero-order valence-corrected chi connectivity index (χ0v) is 9.91. The van der Waals surface area contributed by atoms with Crippen LogP contribution in [0, 0.1) is 0 Å². The fourth-order valence-corrected chi connectivity index (χ4v) is 2.86. The lowest BCUT2D eigenvalue weighted by atomic mass is 10.3. The zero-order valence-electron chi connectivity index (χ0n) is 8.09. The molecular weight excluding hydrogens is 223 g/mol. The Morgan fingerprint density at radius 1 is 0.800 bits per heavy atom. The first-order valence-electron chi connectivity index (χ1n) is 4.68. The number of para-hydroxylation sites is 1. The minimum Gasteiger partial charge on any atom is -0.465 e. The molecule has 0 saturated heterocycles. The Hall–Kier alpha value is -1.11. The highest BCUT2D eigenvalue weighted by Crippen LogP contribution is 2.25. The SMILES string of the molecule is S=[PH](Oc1ccccc1)c1ccccc1. The van der Waals surface area contributed by atoms with Gasteiger partial charge in [-0.05, 0) is 12.1 Å². The summed E-state index contributed by atoms with van der Waals surface area (Å²) in [5.41, 5.74) is 0. The monoisotopic (exact) mass is 234 g/mol. The minimum atomic E-state index is -1.34. The second kappa shape index (κ2) is 5.11. The molecule has 1 nitrogen and oxygen atoms in total. The van der Waals surface area contributed by atoms with Crippen LogP contribution in [0.1, 0.15) is 0 Å². The molecule has 0 saturated carbocycles. The summed E-state index contributed by atoms with van der Waals surface area (Å²) < 4.78 is 5.72. The lowest BCUT2D eigenvalue weighted by Crippen LogP contribution is -1.97. The van der Waals surface area contributed by atoms with E-state index in [1.807, 2.05) is 60.7 Å². The van der Waals surface area contributed by atoms with E-state index in [4.69, 9.17) is 16.3 Å². The topological polar surface area (TPSA) is 9.23 Å². The quantitative estimate of drug-likeness (QED) is 0.755. The van der Waals surface area contributed by atoms with Crippen LogP contribution in [-0.2, 0) is 11.8 Å². The number of benzene rings is 2. The largest absolute Gasteiger partial charge is 0.465 e. The molecule has 1 atom stereocenters. The fourth-order valence-electron chi connectivity index (χ4n) is 1.23. The van der Waals surface area contributed by atoms with Gasteiger partial charge < -0.3 is 4.52 Å². The molecule has 0 aliphatic rings. The predicted octanol–water partition coefficient (Wildman–Crippen LogP) is 2.98. The molecule has 0 radical (unpaired) electrons. The summed E-state index contributed by atoms with van der Waals surface area (Å²) in [5.74, 6) is 0.852. The Labute approximate surface area is 95.2 Å². The van der Waals surface area contributed by atoms with Crippen LogP contribution in [0.25, 0.3) is 0 Å². The third-order valence-corrected chi connectivity index (χ3v) is 4.15. The maximum absolute atomic E-state index is 5.72. The lowest BCUT2D eigenvalue weighted by molar-refractivity contribution is 0.637. The molecule has 76 valence electrons. The van der Waals surface area contributed by atoms with Gasteiger partial charge >= 0.3 is 0 Å². The van der Waals surface area contributed by atoms with Crippen molar-refractivity contribution in [1.82, 2.24) is 0 Å². The number of hydrogen-bond acceptors (Lipinski definition) is 2. The summed E-state index contributed by atoms with van der Waals surface area (Å²) in [7, 11) is 0. The Kier molecular flexibility index (Phi) is 3.54. The molecule has 0 fully saturated rings. The molecule has 0 heterocycles. The number of hydrogen-bond donors (Lipinski definition) is 0. The van der Waals surface area contributed by atoms with Crippen molar-refractivity contribution in [3.8, 4) is 5.75 Å². The smallest absolute Gasteiger partial charge is 0.131 e. The van der Waals surface area contributed by atoms with E-state index in [9.17, 15) is 0 Å². The fraction of sp³-hybridized carbons (Fsp3) is 0. The summed E-state index contributed by atoms with van der Waals surface area (Å²) in [6, 6.07) is 19.7. The molecule has 2 aromatic rings. The Morgan fingerprint density at radius 2 is 1.33 bits per heavy atom. The van der Waals surface area contributed by atoms with Crippen LogP contribution in [0.3, 0.4) is 0 Å². The van der Waals surface area contributed by atoms with Gasteiger partial charge in [0.05, 0.1) is 0 Å². The van der Waals surface area contributed by atoms with Gasteiger partial charge in [-0.1, -0.05) is 60.3 Å². The third kappa shape index (κ3) is 2.92. The standard InChI is InChI=1S/C12H11OPS/c15-14(12-9-5-2-6-10-12)13-11-7-3-1-4-8-11/h1-10,14H. The van der Waals surface area contributed by atoms with Crippen molar-refractivity contribution in [2.45, 2.75) is 0 Å². The summed E-state index contributed by atoms with van der Waals surface area (Å²) in [4.78, 5) is 0. The van der Waals surface area contributed by atoms with Gasteiger partial charge in [-0.15, -0.1) is 0 Å². The van der Waals surface area contributed by atoms with Gasteiger partial charge in [0.1, 0.15) is 12.7 Å². The van der Waals surface area contributed by atoms with Gasteiger partial charge in [0.25, 0.3) is 0 Å². The van der Waals surface area contributed by atoms with Gasteiger partial charge in [0, 0.05) is 5.30 Å². The maximum Gasteiger partial charge on any atom is 0.131 e. The predicted molar refractivity (Wildman–Crippen MR) is 68.8 cm³/mol. The highest BCUT2D eigenvalue weighted by Gasteiger charge is 1.99. The van der Waals surface area contributed by atoms with E-state index >= 15 is 0 Å². The van der Waals surface area contributed by atoms with Crippen LogP contribution in [0.4, 0.5) is 0 Å². The Morgan fingerprint density at radius 3 is 1.93 bits per heavy atom. The van der Waals surface area contributed by atoms with E-state index in [1.54, 1.807) is 0 Å². The molecular formula is C12H11OPS. The molecule has 3 heteroatoms. The highest BCUT2D eigenvalue weighted by molar-refractivity contribution is 8.06. The summed E-state index contributed by atoms with van der Waals surface area (Å²) >= 11 is 5.37. The molecule has 0 bridgehead atoms. The van der Waals surface area contributed by atoms with Gasteiger partial charge in [0.15, 0.2) is 0 Å². The average molecular weight is 234 g/mol. The third-order valence-electron chi connectivity index (χ3n) is 1.96. The van der Waals surface area contributed by atoms with Crippen LogP contribution in [0.5, 0.6) is 5.75 Å². The summed E-state index contributed by atoms with van der Waals surface area (Å²) in [5, 5.41) is 1.11. The van der Waals surface area contributed by atoms with E-state index in [0.717, 1.165) is 11.1 Å². The second-order valence-corrected chi connectivity index (χ2v) is 5.54. The van der Waals surface area contributed by atoms with Gasteiger partial charge in [-0.2, -0.15) is 0 Å². The molecule has 0 aromatic heterocycles. The van der Waals surface area contributed by atoms with Crippen LogP contribution >= 0.6 is 6.92 Å². The highest BCUT2D eigenvalue weighted by atomic mass is 32.4. The first-order valence-corrected chi connectivity index (χ1v) is 7.22. The molecule has 15 heavy (non-hydrogen) atoms. The summed E-state index contributed by atoms with van der Waals surface area (Å²) in [6.45, 7) is -1.34. The zero-order chi connectivity index (χ0) is 10.5. The van der Waals surface area contributed by atoms with Crippen LogP contribution in [0.15, 0.2) is 60.7 Å². The molecule has 0 spiro atoms. The molecule has 0 aliphatic carbocycles. The average Bonchev–Trinajstić information content (AvgIpc) is 2.31. The molecule has 0 aliphatic heterocycles. The first-order chi connectivity index (χ1) is 7.36. The van der Waals surface area contributed by atoms with Crippen molar-refractivity contribution < 1.29 is 4.52 Å². The van der Waals surface area contributed by atoms with Crippen LogP contribution < -0.4 is 9.83 Å². The first kappa shape index (κ1) is 10.4. The molecule has 1 unspecified atom stereocenters. The normalized spacial score (nSPS) is 12.0. The van der Waals surface area contributed by atoms with Gasteiger partial charge in [0.2, 0.25) is 0 Å². The van der Waals surface area contributed by atoms with E-state index in [-0.39, 0.29) is 0 Å². The van der Waals surface area contributed by atoms with Crippen molar-refractivity contribution in [3.63, 3.8) is 0 Å². The van der Waals surface area contributed by atoms with Crippen molar-refractivity contribution in [3.05, 3.63) is 60.7 Å². The van der Waals surface area contributed by atoms with E-state index in [2.05, 4.69) is 0 Å². The van der Waals surface area contributed by atoms with E-state index < -0.39 is 6.92 Å². The molecule has 0 amide bonds. The van der Waals surface area contributed by atoms with Crippen molar-refractivity contribution in [2.75, 3.05) is 0 Å². The molecule has 0 N–H and O–H groups in total. The van der Waals surface area contributed by atoms with Crippen LogP contribution in [-0.4, -0.2) is 0 Å².